The Kier molecular flexibility index (Phi) is 4.04. The van der Waals surface area contributed by atoms with E-state index in [2.05, 4.69) is 11.4 Å². The van der Waals surface area contributed by atoms with E-state index >= 15 is 0 Å². The highest BCUT2D eigenvalue weighted by Gasteiger charge is 2.24. The summed E-state index contributed by atoms with van der Waals surface area (Å²) in [5.41, 5.74) is 2.13. The van der Waals surface area contributed by atoms with Gasteiger partial charge in [-0.15, -0.1) is 0 Å². The molecule has 1 unspecified atom stereocenters. The first-order chi connectivity index (χ1) is 8.85. The lowest BCUT2D eigenvalue weighted by Gasteiger charge is -2.21. The molecular weight excluding hydrogens is 262 g/mol. The first-order valence-corrected chi connectivity index (χ1v) is 6.98. The third-order valence-corrected chi connectivity index (χ3v) is 3.44. The molecule has 0 radical (unpaired) electrons. The Bertz CT molecular complexity index is 480. The van der Waals surface area contributed by atoms with E-state index in [9.17, 15) is 4.79 Å². The molecule has 2 rings (SSSR count). The maximum Gasteiger partial charge on any atom is 0.407 e. The first-order valence-electron chi connectivity index (χ1n) is 6.60. The maximum absolute atomic E-state index is 11.6. The van der Waals surface area contributed by atoms with Crippen LogP contribution in [0.1, 0.15) is 44.2 Å². The van der Waals surface area contributed by atoms with Crippen LogP contribution >= 0.6 is 11.6 Å². The summed E-state index contributed by atoms with van der Waals surface area (Å²) in [5, 5.41) is 3.59. The van der Waals surface area contributed by atoms with Crippen molar-refractivity contribution in [3.05, 3.63) is 34.3 Å². The van der Waals surface area contributed by atoms with E-state index in [4.69, 9.17) is 16.3 Å². The van der Waals surface area contributed by atoms with Crippen molar-refractivity contribution >= 4 is 17.7 Å². The minimum absolute atomic E-state index is 0.334. The Morgan fingerprint density at radius 3 is 2.89 bits per heavy atom. The van der Waals surface area contributed by atoms with E-state index in [1.165, 1.54) is 11.1 Å². The predicted molar refractivity (Wildman–Crippen MR) is 76.8 cm³/mol. The molecule has 4 heteroatoms. The Labute approximate surface area is 119 Å². The molecule has 104 valence electrons. The molecule has 0 saturated carbocycles. The number of fused-ring (bicyclic) bond motifs is 1. The average Bonchev–Trinajstić information content (AvgIpc) is 2.66. The van der Waals surface area contributed by atoms with Crippen LogP contribution in [0.3, 0.4) is 0 Å². The number of ether oxygens (including phenoxy) is 1. The van der Waals surface area contributed by atoms with E-state index in [-0.39, 0.29) is 6.09 Å². The third-order valence-electron chi connectivity index (χ3n) is 3.20. The summed E-state index contributed by atoms with van der Waals surface area (Å²) in [6, 6.07) is 6.00. The minimum atomic E-state index is -0.457. The molecule has 1 amide bonds. The molecular formula is C15H20ClNO2. The van der Waals surface area contributed by atoms with E-state index in [0.717, 1.165) is 17.9 Å². The number of nitrogens with one attached hydrogen (secondary N) is 1. The monoisotopic (exact) mass is 281 g/mol. The summed E-state index contributed by atoms with van der Waals surface area (Å²) in [6.45, 7) is 6.17. The number of hydrogen-bond acceptors (Lipinski definition) is 2. The number of carbonyl (C=O) groups is 1. The fourth-order valence-corrected chi connectivity index (χ4v) is 2.57. The van der Waals surface area contributed by atoms with Crippen LogP contribution in [-0.4, -0.2) is 18.2 Å². The van der Waals surface area contributed by atoms with Gasteiger partial charge in [0, 0.05) is 17.5 Å². The predicted octanol–water partition coefficient (Wildman–Crippen LogP) is 3.89. The van der Waals surface area contributed by atoms with Crippen molar-refractivity contribution in [3.8, 4) is 0 Å². The van der Waals surface area contributed by atoms with Gasteiger partial charge < -0.3 is 10.1 Å². The molecule has 19 heavy (non-hydrogen) atoms. The van der Waals surface area contributed by atoms with Gasteiger partial charge in [0.2, 0.25) is 0 Å². The largest absolute Gasteiger partial charge is 0.444 e. The van der Waals surface area contributed by atoms with Crippen molar-refractivity contribution in [1.82, 2.24) is 5.32 Å². The van der Waals surface area contributed by atoms with Crippen molar-refractivity contribution in [3.63, 3.8) is 0 Å². The number of benzene rings is 1. The highest BCUT2D eigenvalue weighted by atomic mass is 35.5. The molecule has 0 aromatic heterocycles. The van der Waals surface area contributed by atoms with Crippen molar-refractivity contribution in [2.24, 2.45) is 0 Å². The van der Waals surface area contributed by atoms with Crippen molar-refractivity contribution in [2.75, 3.05) is 6.54 Å². The Hall–Kier alpha value is -1.22. The summed E-state index contributed by atoms with van der Waals surface area (Å²) in [6.07, 6.45) is 1.74. The summed E-state index contributed by atoms with van der Waals surface area (Å²) < 4.78 is 5.23. The zero-order valence-corrected chi connectivity index (χ0v) is 12.4. The maximum atomic E-state index is 11.6. The van der Waals surface area contributed by atoms with Gasteiger partial charge in [-0.1, -0.05) is 17.7 Å². The molecule has 1 atom stereocenters. The zero-order valence-electron chi connectivity index (χ0n) is 11.6. The molecule has 0 fully saturated rings. The van der Waals surface area contributed by atoms with Gasteiger partial charge in [0.1, 0.15) is 5.60 Å². The van der Waals surface area contributed by atoms with Gasteiger partial charge in [-0.25, -0.2) is 4.79 Å². The van der Waals surface area contributed by atoms with Gasteiger partial charge in [-0.3, -0.25) is 0 Å². The van der Waals surface area contributed by atoms with E-state index in [0.29, 0.717) is 12.5 Å². The Morgan fingerprint density at radius 2 is 2.21 bits per heavy atom. The summed E-state index contributed by atoms with van der Waals surface area (Å²) in [7, 11) is 0. The number of hydrogen-bond donors (Lipinski definition) is 1. The molecule has 1 aliphatic carbocycles. The summed E-state index contributed by atoms with van der Waals surface area (Å²) >= 11 is 6.03. The first kappa shape index (κ1) is 14.2. The van der Waals surface area contributed by atoms with Crippen molar-refractivity contribution < 1.29 is 9.53 Å². The number of aryl methyl sites for hydroxylation is 1. The molecule has 0 saturated heterocycles. The van der Waals surface area contributed by atoms with Gasteiger partial charge >= 0.3 is 6.09 Å². The van der Waals surface area contributed by atoms with Crippen LogP contribution in [-0.2, 0) is 11.2 Å². The standard InChI is InChI=1S/C15H20ClNO2/c1-15(2,3)19-14(18)17-9-11-5-4-10-6-7-12(16)8-13(10)11/h6-8,11H,4-5,9H2,1-3H3,(H,17,18). The minimum Gasteiger partial charge on any atom is -0.444 e. The van der Waals surface area contributed by atoms with Crippen LogP contribution in [0.15, 0.2) is 18.2 Å². The molecule has 0 heterocycles. The fraction of sp³-hybridized carbons (Fsp3) is 0.533. The van der Waals surface area contributed by atoms with E-state index < -0.39 is 5.60 Å². The number of carbonyl (C=O) groups excluding carboxylic acids is 1. The number of rotatable bonds is 2. The Balaban J connectivity index is 1.93. The summed E-state index contributed by atoms with van der Waals surface area (Å²) in [5.74, 6) is 0.334. The molecule has 1 aromatic rings. The van der Waals surface area contributed by atoms with Gasteiger partial charge in [-0.05, 0) is 56.9 Å². The number of halogens is 1. The summed E-state index contributed by atoms with van der Waals surface area (Å²) in [4.78, 5) is 11.6. The number of amides is 1. The molecule has 3 nitrogen and oxygen atoms in total. The zero-order chi connectivity index (χ0) is 14.0. The normalized spacial score (nSPS) is 18.0. The molecule has 1 aromatic carbocycles. The van der Waals surface area contributed by atoms with Crippen LogP contribution in [0.4, 0.5) is 4.79 Å². The fourth-order valence-electron chi connectivity index (χ4n) is 2.39. The lowest BCUT2D eigenvalue weighted by molar-refractivity contribution is 0.0524. The van der Waals surface area contributed by atoms with Crippen LogP contribution < -0.4 is 5.32 Å². The highest BCUT2D eigenvalue weighted by Crippen LogP contribution is 2.34. The lowest BCUT2D eigenvalue weighted by Crippen LogP contribution is -2.34. The topological polar surface area (TPSA) is 38.3 Å². The van der Waals surface area contributed by atoms with Gasteiger partial charge in [0.05, 0.1) is 0 Å². The quantitative estimate of drug-likeness (QED) is 0.893. The van der Waals surface area contributed by atoms with Gasteiger partial charge in [-0.2, -0.15) is 0 Å². The highest BCUT2D eigenvalue weighted by molar-refractivity contribution is 6.30. The molecule has 0 bridgehead atoms. The molecule has 1 aliphatic rings. The lowest BCUT2D eigenvalue weighted by atomic mass is 10.0. The second kappa shape index (κ2) is 5.41. The molecule has 1 N–H and O–H groups in total. The van der Waals surface area contributed by atoms with Crippen LogP contribution in [0.2, 0.25) is 5.02 Å². The van der Waals surface area contributed by atoms with Crippen molar-refractivity contribution in [1.29, 1.82) is 0 Å². The molecule has 0 spiro atoms. The Morgan fingerprint density at radius 1 is 1.47 bits per heavy atom. The van der Waals surface area contributed by atoms with E-state index in [1.807, 2.05) is 32.9 Å². The van der Waals surface area contributed by atoms with E-state index in [1.54, 1.807) is 0 Å². The van der Waals surface area contributed by atoms with Crippen LogP contribution in [0.25, 0.3) is 0 Å². The van der Waals surface area contributed by atoms with Crippen molar-refractivity contribution in [2.45, 2.75) is 45.1 Å². The second-order valence-electron chi connectivity index (χ2n) is 5.96. The van der Waals surface area contributed by atoms with Crippen LogP contribution in [0, 0.1) is 0 Å². The van der Waals surface area contributed by atoms with Gasteiger partial charge in [0.25, 0.3) is 0 Å². The van der Waals surface area contributed by atoms with Gasteiger partial charge in [0.15, 0.2) is 0 Å². The molecule has 0 aliphatic heterocycles. The third kappa shape index (κ3) is 3.87. The van der Waals surface area contributed by atoms with Crippen LogP contribution in [0.5, 0.6) is 0 Å². The number of alkyl carbamates (subject to hydrolysis) is 1. The smallest absolute Gasteiger partial charge is 0.407 e. The average molecular weight is 282 g/mol. The second-order valence-corrected chi connectivity index (χ2v) is 6.40. The SMILES string of the molecule is CC(C)(C)OC(=O)NCC1CCc2ccc(Cl)cc21.